The van der Waals surface area contributed by atoms with Crippen LogP contribution in [0.1, 0.15) is 42.2 Å². The number of ether oxygens (including phenoxy) is 1. The summed E-state index contributed by atoms with van der Waals surface area (Å²) in [7, 11) is 0. The van der Waals surface area contributed by atoms with Crippen LogP contribution in [-0.4, -0.2) is 22.7 Å². The molecule has 6 heteroatoms. The van der Waals surface area contributed by atoms with Crippen LogP contribution >= 0.6 is 0 Å². The molecule has 0 bridgehead atoms. The number of amides is 2. The fourth-order valence-corrected chi connectivity index (χ4v) is 3.13. The van der Waals surface area contributed by atoms with Gasteiger partial charge in [0.1, 0.15) is 11.8 Å². The molecule has 0 unspecified atom stereocenters. The van der Waals surface area contributed by atoms with Crippen LogP contribution in [0.2, 0.25) is 0 Å². The van der Waals surface area contributed by atoms with Crippen LogP contribution in [0.15, 0.2) is 72.8 Å². The Balaban J connectivity index is 1.59. The molecule has 1 heterocycles. The molecule has 1 aliphatic rings. The summed E-state index contributed by atoms with van der Waals surface area (Å²) >= 11 is 0. The van der Waals surface area contributed by atoms with Crippen molar-refractivity contribution < 1.29 is 19.1 Å². The van der Waals surface area contributed by atoms with E-state index in [9.17, 15) is 14.4 Å². The number of carbonyl (C=O) groups is 3. The number of benzene rings is 3. The summed E-state index contributed by atoms with van der Waals surface area (Å²) in [5, 5.41) is 9.11. The highest BCUT2D eigenvalue weighted by atomic mass is 16.5. The minimum Gasteiger partial charge on any atom is -0.422 e. The van der Waals surface area contributed by atoms with E-state index in [0.717, 1.165) is 10.5 Å². The van der Waals surface area contributed by atoms with E-state index < -0.39 is 17.8 Å². The number of para-hydroxylation sites is 1. The summed E-state index contributed by atoms with van der Waals surface area (Å²) in [6, 6.07) is 21.8. The zero-order valence-electron chi connectivity index (χ0n) is 15.2. The van der Waals surface area contributed by atoms with Crippen molar-refractivity contribution in [2.75, 3.05) is 0 Å². The third-order valence-electron chi connectivity index (χ3n) is 4.60. The smallest absolute Gasteiger partial charge is 0.343 e. The Labute approximate surface area is 166 Å². The van der Waals surface area contributed by atoms with Gasteiger partial charge in [0.2, 0.25) is 0 Å². The summed E-state index contributed by atoms with van der Waals surface area (Å²) in [5.74, 6) is -1.43. The molecule has 29 heavy (non-hydrogen) atoms. The maximum absolute atomic E-state index is 12.8. The molecule has 3 aromatic rings. The first-order valence-electron chi connectivity index (χ1n) is 8.84. The lowest BCUT2D eigenvalue weighted by molar-refractivity contribution is 0.0641. The lowest BCUT2D eigenvalue weighted by atomic mass is 10.1. The second-order valence-electron chi connectivity index (χ2n) is 6.44. The van der Waals surface area contributed by atoms with Gasteiger partial charge >= 0.3 is 5.97 Å². The summed E-state index contributed by atoms with van der Waals surface area (Å²) in [6.45, 7) is 0.155. The summed E-state index contributed by atoms with van der Waals surface area (Å²) < 4.78 is 5.30. The van der Waals surface area contributed by atoms with Crippen LogP contribution < -0.4 is 4.74 Å². The van der Waals surface area contributed by atoms with Gasteiger partial charge in [-0.25, -0.2) is 4.79 Å². The van der Waals surface area contributed by atoms with Crippen molar-refractivity contribution in [1.29, 1.82) is 5.26 Å². The van der Waals surface area contributed by atoms with Gasteiger partial charge in [0.15, 0.2) is 0 Å². The maximum Gasteiger partial charge on any atom is 0.343 e. The average Bonchev–Trinajstić information content (AvgIpc) is 2.99. The molecule has 2 amide bonds. The predicted molar refractivity (Wildman–Crippen MR) is 103 cm³/mol. The highest BCUT2D eigenvalue weighted by Crippen LogP contribution is 2.26. The van der Waals surface area contributed by atoms with Gasteiger partial charge in [0, 0.05) is 0 Å². The van der Waals surface area contributed by atoms with Crippen molar-refractivity contribution in [3.63, 3.8) is 0 Å². The van der Waals surface area contributed by atoms with Crippen LogP contribution in [0, 0.1) is 11.3 Å². The summed E-state index contributed by atoms with van der Waals surface area (Å²) in [4.78, 5) is 39.0. The maximum atomic E-state index is 12.8. The van der Waals surface area contributed by atoms with Gasteiger partial charge in [-0.3, -0.25) is 14.5 Å². The monoisotopic (exact) mass is 382 g/mol. The number of imide groups is 1. The van der Waals surface area contributed by atoms with E-state index >= 15 is 0 Å². The molecule has 0 atom stereocenters. The number of nitriles is 1. The van der Waals surface area contributed by atoms with Gasteiger partial charge in [0.05, 0.1) is 28.8 Å². The Bertz CT molecular complexity index is 1180. The molecule has 0 aromatic heterocycles. The first-order valence-corrected chi connectivity index (χ1v) is 8.84. The first-order chi connectivity index (χ1) is 14.1. The highest BCUT2D eigenvalue weighted by molar-refractivity contribution is 6.21. The molecule has 0 fully saturated rings. The van der Waals surface area contributed by atoms with E-state index in [-0.39, 0.29) is 34.5 Å². The van der Waals surface area contributed by atoms with Crippen molar-refractivity contribution >= 4 is 17.8 Å². The van der Waals surface area contributed by atoms with Gasteiger partial charge in [0.25, 0.3) is 11.8 Å². The molecule has 0 N–H and O–H groups in total. The van der Waals surface area contributed by atoms with E-state index in [2.05, 4.69) is 0 Å². The van der Waals surface area contributed by atoms with E-state index in [1.165, 1.54) is 30.3 Å². The molecule has 0 spiro atoms. The van der Waals surface area contributed by atoms with Gasteiger partial charge in [-0.05, 0) is 35.9 Å². The van der Waals surface area contributed by atoms with E-state index in [1.807, 2.05) is 36.4 Å². The number of nitrogens with zero attached hydrogens (tertiary/aromatic N) is 2. The quantitative estimate of drug-likeness (QED) is 0.391. The molecule has 0 saturated heterocycles. The SMILES string of the molecule is N#Cc1ccccc1OC(=O)c1ccc2c(c1)C(=O)N(Cc1ccccc1)C2=O. The fraction of sp³-hybridized carbons (Fsp3) is 0.0435. The third-order valence-corrected chi connectivity index (χ3v) is 4.60. The molecule has 0 saturated carbocycles. The Morgan fingerprint density at radius 3 is 2.34 bits per heavy atom. The van der Waals surface area contributed by atoms with E-state index in [1.54, 1.807) is 12.1 Å². The van der Waals surface area contributed by atoms with Crippen LogP contribution in [-0.2, 0) is 6.54 Å². The van der Waals surface area contributed by atoms with Crippen LogP contribution in [0.3, 0.4) is 0 Å². The fourth-order valence-electron chi connectivity index (χ4n) is 3.13. The largest absolute Gasteiger partial charge is 0.422 e. The average molecular weight is 382 g/mol. The molecule has 4 rings (SSSR count). The molecular weight excluding hydrogens is 368 g/mol. The molecule has 3 aromatic carbocycles. The number of hydrogen-bond acceptors (Lipinski definition) is 5. The van der Waals surface area contributed by atoms with Crippen molar-refractivity contribution in [3.05, 3.63) is 101 Å². The highest BCUT2D eigenvalue weighted by Gasteiger charge is 2.36. The summed E-state index contributed by atoms with van der Waals surface area (Å²) in [6.07, 6.45) is 0. The number of hydrogen-bond donors (Lipinski definition) is 0. The van der Waals surface area contributed by atoms with Crippen LogP contribution in [0.5, 0.6) is 5.75 Å². The standard InChI is InChI=1S/C23H14N2O4/c24-13-17-8-4-5-9-20(17)29-23(28)16-10-11-18-19(12-16)22(27)25(21(18)26)14-15-6-2-1-3-7-15/h1-12H,14H2. The Morgan fingerprint density at radius 2 is 1.59 bits per heavy atom. The zero-order chi connectivity index (χ0) is 20.4. The van der Waals surface area contributed by atoms with Crippen molar-refractivity contribution in [2.24, 2.45) is 0 Å². The topological polar surface area (TPSA) is 87.5 Å². The van der Waals surface area contributed by atoms with Gasteiger partial charge in [-0.2, -0.15) is 5.26 Å². The zero-order valence-corrected chi connectivity index (χ0v) is 15.2. The molecule has 6 nitrogen and oxygen atoms in total. The minimum atomic E-state index is -0.711. The lowest BCUT2D eigenvalue weighted by Gasteiger charge is -2.13. The lowest BCUT2D eigenvalue weighted by Crippen LogP contribution is -2.29. The van der Waals surface area contributed by atoms with E-state index in [4.69, 9.17) is 10.00 Å². The molecule has 1 aliphatic heterocycles. The second kappa shape index (κ2) is 7.41. The van der Waals surface area contributed by atoms with Gasteiger partial charge in [-0.1, -0.05) is 42.5 Å². The number of carbonyl (C=O) groups excluding carboxylic acids is 3. The minimum absolute atomic E-state index is 0.124. The van der Waals surface area contributed by atoms with E-state index in [0.29, 0.717) is 0 Å². The van der Waals surface area contributed by atoms with Gasteiger partial charge < -0.3 is 4.74 Å². The molecule has 140 valence electrons. The Hall–Kier alpha value is -4.24. The molecule has 0 radical (unpaired) electrons. The number of esters is 1. The Kier molecular flexibility index (Phi) is 4.63. The second-order valence-corrected chi connectivity index (χ2v) is 6.44. The summed E-state index contributed by atoms with van der Waals surface area (Å²) in [5.41, 5.74) is 1.59. The number of fused-ring (bicyclic) bond motifs is 1. The van der Waals surface area contributed by atoms with Crippen molar-refractivity contribution in [2.45, 2.75) is 6.54 Å². The van der Waals surface area contributed by atoms with Crippen molar-refractivity contribution in [3.8, 4) is 11.8 Å². The first kappa shape index (κ1) is 18.1. The third kappa shape index (κ3) is 3.37. The van der Waals surface area contributed by atoms with Crippen LogP contribution in [0.4, 0.5) is 0 Å². The molecule has 0 aliphatic carbocycles. The van der Waals surface area contributed by atoms with Gasteiger partial charge in [-0.15, -0.1) is 0 Å². The van der Waals surface area contributed by atoms with Crippen LogP contribution in [0.25, 0.3) is 0 Å². The normalized spacial score (nSPS) is 12.4. The molecular formula is C23H14N2O4. The number of rotatable bonds is 4. The predicted octanol–water partition coefficient (Wildman–Crippen LogP) is 3.57. The van der Waals surface area contributed by atoms with Crippen molar-refractivity contribution in [1.82, 2.24) is 4.90 Å². The Morgan fingerprint density at radius 1 is 0.897 bits per heavy atom.